The van der Waals surface area contributed by atoms with Gasteiger partial charge in [-0.15, -0.1) is 0 Å². The van der Waals surface area contributed by atoms with E-state index in [0.29, 0.717) is 17.1 Å². The number of ketones is 1. The molecule has 2 heterocycles. The summed E-state index contributed by atoms with van der Waals surface area (Å²) < 4.78 is 13.3. The van der Waals surface area contributed by atoms with Crippen LogP contribution in [-0.4, -0.2) is 10.4 Å². The average molecular weight is 542 g/mol. The Morgan fingerprint density at radius 1 is 0.879 bits per heavy atom. The van der Waals surface area contributed by atoms with Gasteiger partial charge in [0, 0.05) is 23.6 Å². The molecule has 0 bridgehead atoms. The van der Waals surface area contributed by atoms with Crippen molar-refractivity contribution >= 4 is 69.9 Å². The molecule has 0 aliphatic carbocycles. The first kappa shape index (κ1) is 23.8. The minimum atomic E-state index is -0.151. The predicted molar refractivity (Wildman–Crippen MR) is 134 cm³/mol. The molecule has 4 nitrogen and oxygen atoms in total. The molecule has 0 saturated carbocycles. The SMILES string of the molecule is O=C(/C=C/c1ccc(COc2c(Cl)c(Cl)c(Cl)c(Cl)c2Cl)o1)c1cccc(-n2cccc2)c1. The van der Waals surface area contributed by atoms with Crippen LogP contribution in [0.25, 0.3) is 11.8 Å². The standard InChI is InChI=1S/C24H14Cl5NO3/c25-19-20(26)22(28)24(23(29)21(19)27)32-13-17-7-6-16(33-17)8-9-18(31)14-4-3-5-15(12-14)30-10-1-2-11-30/h1-12H,13H2/b9-8+. The van der Waals surface area contributed by atoms with Crippen LogP contribution in [-0.2, 0) is 6.61 Å². The molecule has 0 saturated heterocycles. The zero-order chi connectivity index (χ0) is 23.5. The van der Waals surface area contributed by atoms with E-state index in [4.69, 9.17) is 67.2 Å². The summed E-state index contributed by atoms with van der Waals surface area (Å²) in [5.74, 6) is 0.908. The predicted octanol–water partition coefficient (Wildman–Crippen LogP) is 8.81. The highest BCUT2D eigenvalue weighted by Crippen LogP contribution is 2.48. The van der Waals surface area contributed by atoms with Gasteiger partial charge >= 0.3 is 0 Å². The number of hydrogen-bond acceptors (Lipinski definition) is 3. The Balaban J connectivity index is 1.44. The molecule has 0 spiro atoms. The second kappa shape index (κ2) is 10.3. The van der Waals surface area contributed by atoms with E-state index in [9.17, 15) is 4.79 Å². The number of carbonyl (C=O) groups excluding carboxylic acids is 1. The molecule has 2 aromatic heterocycles. The number of halogens is 5. The first-order valence-corrected chi connectivity index (χ1v) is 11.4. The molecule has 4 aromatic rings. The average Bonchev–Trinajstić information content (AvgIpc) is 3.52. The topological polar surface area (TPSA) is 44.4 Å². The summed E-state index contributed by atoms with van der Waals surface area (Å²) in [4.78, 5) is 12.6. The number of carbonyl (C=O) groups is 1. The molecule has 33 heavy (non-hydrogen) atoms. The molecule has 0 N–H and O–H groups in total. The Morgan fingerprint density at radius 2 is 1.55 bits per heavy atom. The maximum Gasteiger partial charge on any atom is 0.186 e. The number of rotatable bonds is 7. The van der Waals surface area contributed by atoms with Crippen LogP contribution in [0.1, 0.15) is 21.9 Å². The molecular weight excluding hydrogens is 528 g/mol. The van der Waals surface area contributed by atoms with E-state index in [2.05, 4.69) is 0 Å². The van der Waals surface area contributed by atoms with Crippen molar-refractivity contribution in [1.82, 2.24) is 4.57 Å². The molecule has 4 rings (SSSR count). The number of aromatic nitrogens is 1. The van der Waals surface area contributed by atoms with Gasteiger partial charge in [0.2, 0.25) is 0 Å². The van der Waals surface area contributed by atoms with Crippen molar-refractivity contribution in [2.75, 3.05) is 0 Å². The zero-order valence-corrected chi connectivity index (χ0v) is 20.5. The maximum atomic E-state index is 12.6. The lowest BCUT2D eigenvalue weighted by Gasteiger charge is -2.12. The molecule has 9 heteroatoms. The Kier molecular flexibility index (Phi) is 7.42. The van der Waals surface area contributed by atoms with E-state index in [1.807, 2.05) is 47.3 Å². The maximum absolute atomic E-state index is 12.6. The van der Waals surface area contributed by atoms with E-state index in [-0.39, 0.29) is 43.3 Å². The van der Waals surface area contributed by atoms with E-state index >= 15 is 0 Å². The minimum Gasteiger partial charge on any atom is -0.482 e. The van der Waals surface area contributed by atoms with Crippen molar-refractivity contribution < 1.29 is 13.9 Å². The Hall–Kier alpha value is -2.34. The highest BCUT2D eigenvalue weighted by molar-refractivity contribution is 6.55. The van der Waals surface area contributed by atoms with E-state index < -0.39 is 0 Å². The molecule has 2 aromatic carbocycles. The van der Waals surface area contributed by atoms with Gasteiger partial charge in [-0.1, -0.05) is 70.1 Å². The van der Waals surface area contributed by atoms with E-state index in [1.54, 1.807) is 24.3 Å². The molecule has 0 aliphatic rings. The summed E-state index contributed by atoms with van der Waals surface area (Å²) in [6.07, 6.45) is 6.87. The van der Waals surface area contributed by atoms with Crippen molar-refractivity contribution in [2.24, 2.45) is 0 Å². The van der Waals surface area contributed by atoms with Gasteiger partial charge in [-0.3, -0.25) is 4.79 Å². The van der Waals surface area contributed by atoms with Crippen molar-refractivity contribution in [3.05, 3.63) is 109 Å². The van der Waals surface area contributed by atoms with Crippen molar-refractivity contribution in [3.8, 4) is 11.4 Å². The summed E-state index contributed by atoms with van der Waals surface area (Å²) in [6.45, 7) is 0.00837. The lowest BCUT2D eigenvalue weighted by molar-refractivity contribution is 0.104. The van der Waals surface area contributed by atoms with Crippen LogP contribution in [0.4, 0.5) is 0 Å². The molecule has 0 radical (unpaired) electrons. The van der Waals surface area contributed by atoms with Gasteiger partial charge in [-0.2, -0.15) is 0 Å². The second-order valence-electron chi connectivity index (χ2n) is 6.83. The smallest absolute Gasteiger partial charge is 0.186 e. The summed E-state index contributed by atoms with van der Waals surface area (Å²) in [7, 11) is 0. The third kappa shape index (κ3) is 5.26. The van der Waals surface area contributed by atoms with Crippen LogP contribution in [0.15, 0.2) is 71.4 Å². The minimum absolute atomic E-state index is 0.00837. The highest BCUT2D eigenvalue weighted by Gasteiger charge is 2.21. The van der Waals surface area contributed by atoms with Gasteiger partial charge in [0.15, 0.2) is 11.5 Å². The molecule has 168 valence electrons. The number of allylic oxidation sites excluding steroid dienone is 1. The first-order chi connectivity index (χ1) is 15.8. The third-order valence-corrected chi connectivity index (χ3v) is 6.89. The molecule has 0 aliphatic heterocycles. The van der Waals surface area contributed by atoms with E-state index in [1.165, 1.54) is 6.08 Å². The largest absolute Gasteiger partial charge is 0.482 e. The second-order valence-corrected chi connectivity index (χ2v) is 8.72. The fourth-order valence-electron chi connectivity index (χ4n) is 3.00. The fourth-order valence-corrected chi connectivity index (χ4v) is 4.23. The number of nitrogens with zero attached hydrogens (tertiary/aromatic N) is 1. The molecular formula is C24H14Cl5NO3. The first-order valence-electron chi connectivity index (χ1n) is 9.54. The third-order valence-electron chi connectivity index (χ3n) is 4.64. The van der Waals surface area contributed by atoms with Gasteiger partial charge in [-0.05, 0) is 48.6 Å². The van der Waals surface area contributed by atoms with Crippen LogP contribution >= 0.6 is 58.0 Å². The molecule has 0 atom stereocenters. The van der Waals surface area contributed by atoms with Gasteiger partial charge in [0.25, 0.3) is 0 Å². The number of furan rings is 1. The van der Waals surface area contributed by atoms with Crippen LogP contribution in [0, 0.1) is 0 Å². The lowest BCUT2D eigenvalue weighted by atomic mass is 10.1. The van der Waals surface area contributed by atoms with Crippen molar-refractivity contribution in [3.63, 3.8) is 0 Å². The Labute approximate surface area is 214 Å². The van der Waals surface area contributed by atoms with Crippen LogP contribution < -0.4 is 4.74 Å². The highest BCUT2D eigenvalue weighted by atomic mass is 35.5. The van der Waals surface area contributed by atoms with Crippen LogP contribution in [0.3, 0.4) is 0 Å². The normalized spacial score (nSPS) is 11.3. The van der Waals surface area contributed by atoms with Crippen LogP contribution in [0.5, 0.6) is 5.75 Å². The lowest BCUT2D eigenvalue weighted by Crippen LogP contribution is -1.97. The van der Waals surface area contributed by atoms with Crippen molar-refractivity contribution in [2.45, 2.75) is 6.61 Å². The number of hydrogen-bond donors (Lipinski definition) is 0. The van der Waals surface area contributed by atoms with Gasteiger partial charge in [-0.25, -0.2) is 0 Å². The zero-order valence-electron chi connectivity index (χ0n) is 16.7. The fraction of sp³-hybridized carbons (Fsp3) is 0.0417. The van der Waals surface area contributed by atoms with Crippen LogP contribution in [0.2, 0.25) is 25.1 Å². The van der Waals surface area contributed by atoms with Gasteiger partial charge in [0.1, 0.15) is 28.2 Å². The number of benzene rings is 2. The summed E-state index contributed by atoms with van der Waals surface area (Å²) in [5.41, 5.74) is 1.46. The number of ether oxygens (including phenoxy) is 1. The summed E-state index contributed by atoms with van der Waals surface area (Å²) in [6, 6.07) is 14.6. The molecule has 0 unspecified atom stereocenters. The van der Waals surface area contributed by atoms with Gasteiger partial charge < -0.3 is 13.7 Å². The van der Waals surface area contributed by atoms with E-state index in [0.717, 1.165) is 5.69 Å². The van der Waals surface area contributed by atoms with Crippen molar-refractivity contribution in [1.29, 1.82) is 0 Å². The Morgan fingerprint density at radius 3 is 2.24 bits per heavy atom. The Bertz CT molecular complexity index is 1310. The monoisotopic (exact) mass is 539 g/mol. The van der Waals surface area contributed by atoms with Gasteiger partial charge in [0.05, 0.1) is 15.1 Å². The summed E-state index contributed by atoms with van der Waals surface area (Å²) >= 11 is 30.4. The molecule has 0 amide bonds. The molecule has 0 fully saturated rings. The quantitative estimate of drug-likeness (QED) is 0.102. The summed E-state index contributed by atoms with van der Waals surface area (Å²) in [5, 5.41) is 0.246.